The maximum absolute atomic E-state index is 12.3. The summed E-state index contributed by atoms with van der Waals surface area (Å²) in [6.45, 7) is 5.87. The van der Waals surface area contributed by atoms with Gasteiger partial charge in [0.25, 0.3) is 5.91 Å². The summed E-state index contributed by atoms with van der Waals surface area (Å²) in [4.78, 5) is 28.0. The highest BCUT2D eigenvalue weighted by Crippen LogP contribution is 2.15. The van der Waals surface area contributed by atoms with E-state index in [0.29, 0.717) is 12.0 Å². The molecule has 1 amide bonds. The van der Waals surface area contributed by atoms with Crippen molar-refractivity contribution in [3.05, 3.63) is 77.6 Å². The molecule has 0 saturated heterocycles. The lowest BCUT2D eigenvalue weighted by Gasteiger charge is -2.15. The first-order chi connectivity index (χ1) is 12.2. The topological polar surface area (TPSA) is 79.3 Å². The van der Waals surface area contributed by atoms with E-state index in [0.717, 1.165) is 11.3 Å². The number of carbonyl (C=O) groups excluding carboxylic acids is 1. The van der Waals surface area contributed by atoms with Crippen molar-refractivity contribution >= 4 is 11.9 Å². The fourth-order valence-electron chi connectivity index (χ4n) is 2.27. The summed E-state index contributed by atoms with van der Waals surface area (Å²) in [5.74, 6) is -1.57. The van der Waals surface area contributed by atoms with Crippen molar-refractivity contribution in [1.29, 1.82) is 0 Å². The molecule has 0 aliphatic carbocycles. The molecule has 0 spiro atoms. The maximum Gasteiger partial charge on any atom is 0.330 e. The number of rotatable bonds is 6. The molecule has 5 nitrogen and oxygen atoms in total. The van der Waals surface area contributed by atoms with Gasteiger partial charge >= 0.3 is 5.97 Å². The van der Waals surface area contributed by atoms with Crippen molar-refractivity contribution < 1.29 is 14.7 Å². The maximum atomic E-state index is 12.3. The largest absolute Gasteiger partial charge is 0.479 e. The standard InChI is InChI=1S/C21H24N2O3/c1-21(2,3)12-11-18(20(25)26)23-19(24)16-9-10-17(22-14-16)13-15-7-5-4-6-8-15/h4-12,14,18H,13H2,1-3H3,(H,23,24)(H,25,26)/b12-11+. The molecule has 136 valence electrons. The SMILES string of the molecule is CC(C)(C)/C=C/C(NC(=O)c1ccc(Cc2ccccc2)nc1)C(=O)O. The summed E-state index contributed by atoms with van der Waals surface area (Å²) >= 11 is 0. The Balaban J connectivity index is 2.04. The zero-order valence-corrected chi connectivity index (χ0v) is 15.3. The molecule has 0 aliphatic rings. The summed E-state index contributed by atoms with van der Waals surface area (Å²) in [7, 11) is 0. The Labute approximate surface area is 153 Å². The van der Waals surface area contributed by atoms with Gasteiger partial charge in [-0.2, -0.15) is 0 Å². The number of hydrogen-bond donors (Lipinski definition) is 2. The van der Waals surface area contributed by atoms with E-state index in [1.54, 1.807) is 18.2 Å². The van der Waals surface area contributed by atoms with Gasteiger partial charge in [-0.25, -0.2) is 4.79 Å². The number of nitrogens with zero attached hydrogens (tertiary/aromatic N) is 1. The molecule has 1 atom stereocenters. The Morgan fingerprint density at radius 1 is 1.15 bits per heavy atom. The summed E-state index contributed by atoms with van der Waals surface area (Å²) in [5.41, 5.74) is 2.14. The fraction of sp³-hybridized carbons (Fsp3) is 0.286. The molecular formula is C21H24N2O3. The molecule has 0 aliphatic heterocycles. The highest BCUT2D eigenvalue weighted by Gasteiger charge is 2.19. The van der Waals surface area contributed by atoms with E-state index in [2.05, 4.69) is 10.3 Å². The van der Waals surface area contributed by atoms with E-state index < -0.39 is 17.9 Å². The van der Waals surface area contributed by atoms with E-state index in [4.69, 9.17) is 0 Å². The van der Waals surface area contributed by atoms with Gasteiger partial charge in [0.15, 0.2) is 0 Å². The number of carbonyl (C=O) groups is 2. The van der Waals surface area contributed by atoms with Gasteiger partial charge in [-0.05, 0) is 23.1 Å². The predicted molar refractivity (Wildman–Crippen MR) is 101 cm³/mol. The molecule has 2 rings (SSSR count). The van der Waals surface area contributed by atoms with E-state index >= 15 is 0 Å². The summed E-state index contributed by atoms with van der Waals surface area (Å²) in [5, 5.41) is 11.8. The zero-order chi connectivity index (χ0) is 19.2. The van der Waals surface area contributed by atoms with Crippen molar-refractivity contribution in [1.82, 2.24) is 10.3 Å². The lowest BCUT2D eigenvalue weighted by Crippen LogP contribution is -2.39. The van der Waals surface area contributed by atoms with Crippen molar-refractivity contribution in [2.45, 2.75) is 33.2 Å². The van der Waals surface area contributed by atoms with Crippen LogP contribution in [0.2, 0.25) is 0 Å². The molecule has 5 heteroatoms. The number of aliphatic carboxylic acids is 1. The minimum atomic E-state index is -1.10. The zero-order valence-electron chi connectivity index (χ0n) is 15.3. The molecular weight excluding hydrogens is 328 g/mol. The average Bonchev–Trinajstić information content (AvgIpc) is 2.59. The molecule has 0 fully saturated rings. The second kappa shape index (κ2) is 8.43. The van der Waals surface area contributed by atoms with Crippen LogP contribution in [0.5, 0.6) is 0 Å². The summed E-state index contributed by atoms with van der Waals surface area (Å²) < 4.78 is 0. The number of carboxylic acids is 1. The molecule has 0 bridgehead atoms. The average molecular weight is 352 g/mol. The van der Waals surface area contributed by atoms with Crippen LogP contribution in [-0.4, -0.2) is 28.0 Å². The Kier molecular flexibility index (Phi) is 6.28. The molecule has 2 aromatic rings. The summed E-state index contributed by atoms with van der Waals surface area (Å²) in [6.07, 6.45) is 5.42. The highest BCUT2D eigenvalue weighted by molar-refractivity contribution is 5.96. The van der Waals surface area contributed by atoms with Gasteiger partial charge in [0.1, 0.15) is 6.04 Å². The van der Waals surface area contributed by atoms with Crippen LogP contribution in [0.1, 0.15) is 42.4 Å². The third-order valence-electron chi connectivity index (χ3n) is 3.66. The second-order valence-corrected chi connectivity index (χ2v) is 7.22. The number of pyridine rings is 1. The number of nitrogens with one attached hydrogen (secondary N) is 1. The Morgan fingerprint density at radius 3 is 2.38 bits per heavy atom. The molecule has 26 heavy (non-hydrogen) atoms. The summed E-state index contributed by atoms with van der Waals surface area (Å²) in [6, 6.07) is 12.3. The van der Waals surface area contributed by atoms with E-state index in [1.165, 1.54) is 12.3 Å². The Hall–Kier alpha value is -2.95. The van der Waals surface area contributed by atoms with Gasteiger partial charge in [0.2, 0.25) is 0 Å². The molecule has 1 aromatic carbocycles. The highest BCUT2D eigenvalue weighted by atomic mass is 16.4. The number of aromatic nitrogens is 1. The normalized spacial score (nSPS) is 12.7. The minimum absolute atomic E-state index is 0.168. The molecule has 1 heterocycles. The first-order valence-electron chi connectivity index (χ1n) is 8.46. The predicted octanol–water partition coefficient (Wildman–Crippen LogP) is 3.46. The number of allylic oxidation sites excluding steroid dienone is 1. The van der Waals surface area contributed by atoms with Crippen molar-refractivity contribution in [2.75, 3.05) is 0 Å². The van der Waals surface area contributed by atoms with Crippen LogP contribution in [0.15, 0.2) is 60.8 Å². The van der Waals surface area contributed by atoms with Gasteiger partial charge < -0.3 is 10.4 Å². The van der Waals surface area contributed by atoms with Crippen molar-refractivity contribution in [3.63, 3.8) is 0 Å². The first-order valence-corrected chi connectivity index (χ1v) is 8.46. The lowest BCUT2D eigenvalue weighted by molar-refractivity contribution is -0.137. The molecule has 1 unspecified atom stereocenters. The number of amides is 1. The number of benzene rings is 1. The van der Waals surface area contributed by atoms with E-state index in [1.807, 2.05) is 51.1 Å². The van der Waals surface area contributed by atoms with Crippen LogP contribution in [0.3, 0.4) is 0 Å². The van der Waals surface area contributed by atoms with Crippen LogP contribution in [0, 0.1) is 5.41 Å². The van der Waals surface area contributed by atoms with Gasteiger partial charge in [-0.1, -0.05) is 63.3 Å². The van der Waals surface area contributed by atoms with E-state index in [-0.39, 0.29) is 5.41 Å². The van der Waals surface area contributed by atoms with Crippen LogP contribution in [0.4, 0.5) is 0 Å². The number of carboxylic acid groups (broad SMARTS) is 1. The van der Waals surface area contributed by atoms with Crippen LogP contribution < -0.4 is 5.32 Å². The van der Waals surface area contributed by atoms with Gasteiger partial charge in [0.05, 0.1) is 5.56 Å². The Bertz CT molecular complexity index is 775. The molecule has 0 saturated carbocycles. The smallest absolute Gasteiger partial charge is 0.330 e. The quantitative estimate of drug-likeness (QED) is 0.780. The van der Waals surface area contributed by atoms with Gasteiger partial charge in [-0.3, -0.25) is 9.78 Å². The third kappa shape index (κ3) is 6.16. The minimum Gasteiger partial charge on any atom is -0.479 e. The van der Waals surface area contributed by atoms with Crippen LogP contribution >= 0.6 is 0 Å². The first kappa shape index (κ1) is 19.4. The van der Waals surface area contributed by atoms with Crippen LogP contribution in [0.25, 0.3) is 0 Å². The number of hydrogen-bond acceptors (Lipinski definition) is 3. The lowest BCUT2D eigenvalue weighted by atomic mass is 9.95. The second-order valence-electron chi connectivity index (χ2n) is 7.22. The molecule has 0 radical (unpaired) electrons. The van der Waals surface area contributed by atoms with Crippen molar-refractivity contribution in [2.24, 2.45) is 5.41 Å². The Morgan fingerprint density at radius 2 is 1.85 bits per heavy atom. The molecule has 2 N–H and O–H groups in total. The monoisotopic (exact) mass is 352 g/mol. The van der Waals surface area contributed by atoms with Crippen LogP contribution in [-0.2, 0) is 11.2 Å². The third-order valence-corrected chi connectivity index (χ3v) is 3.66. The van der Waals surface area contributed by atoms with Gasteiger partial charge in [-0.15, -0.1) is 0 Å². The van der Waals surface area contributed by atoms with Crippen molar-refractivity contribution in [3.8, 4) is 0 Å². The van der Waals surface area contributed by atoms with Gasteiger partial charge in [0, 0.05) is 18.3 Å². The molecule has 1 aromatic heterocycles. The fourth-order valence-corrected chi connectivity index (χ4v) is 2.27. The van der Waals surface area contributed by atoms with E-state index in [9.17, 15) is 14.7 Å².